The average Bonchev–Trinajstić information content (AvgIpc) is 2.68. The van der Waals surface area contributed by atoms with Gasteiger partial charge < -0.3 is 19.7 Å². The van der Waals surface area contributed by atoms with E-state index in [4.69, 9.17) is 32.7 Å². The zero-order valence-corrected chi connectivity index (χ0v) is 19.2. The monoisotopic (exact) mass is 486 g/mol. The third-order valence-electron chi connectivity index (χ3n) is 4.53. The third kappa shape index (κ3) is 5.42. The topological polar surface area (TPSA) is 67.9 Å². The molecule has 0 aliphatic carbocycles. The molecular formula is C22H22Cl2F2N2O4. The minimum atomic E-state index is -0.976. The number of carbonyl (C=O) groups excluding carboxylic acids is 2. The zero-order valence-electron chi connectivity index (χ0n) is 17.7. The van der Waals surface area contributed by atoms with Gasteiger partial charge in [-0.2, -0.15) is 0 Å². The first kappa shape index (κ1) is 24.1. The molecule has 1 aliphatic heterocycles. The van der Waals surface area contributed by atoms with E-state index in [1.807, 2.05) is 0 Å². The van der Waals surface area contributed by atoms with Crippen LogP contribution in [-0.4, -0.2) is 36.9 Å². The van der Waals surface area contributed by atoms with Crippen LogP contribution in [0, 0.1) is 5.82 Å². The van der Waals surface area contributed by atoms with Crippen LogP contribution < -0.4 is 15.0 Å². The SMILES string of the molecule is CC(C)(C)OC(=O)N[C@@H]1Cc2ccc(Cl)c(Oc3cc(F)ccc3Cl)c2N(CCF)C1=O. The molecule has 10 heteroatoms. The number of alkyl carbamates (subject to hydrolysis) is 1. The second-order valence-electron chi connectivity index (χ2n) is 8.14. The van der Waals surface area contributed by atoms with E-state index in [1.165, 1.54) is 18.2 Å². The number of alkyl halides is 1. The Bertz CT molecular complexity index is 1040. The number of ether oxygens (including phenoxy) is 2. The van der Waals surface area contributed by atoms with E-state index in [-0.39, 0.29) is 40.2 Å². The molecule has 0 unspecified atom stereocenters. The van der Waals surface area contributed by atoms with Crippen molar-refractivity contribution in [3.8, 4) is 11.5 Å². The summed E-state index contributed by atoms with van der Waals surface area (Å²) in [7, 11) is 0. The standard InChI is InChI=1S/C22H22Cl2F2N2O4/c1-22(2,3)32-21(30)27-16-10-12-4-6-15(24)19(18(12)28(9-8-25)20(16)29)31-17-11-13(26)5-7-14(17)23/h4-7,11,16H,8-10H2,1-3H3,(H,27,30)/t16-/m1/s1. The summed E-state index contributed by atoms with van der Waals surface area (Å²) in [4.78, 5) is 26.5. The highest BCUT2D eigenvalue weighted by Gasteiger charge is 2.37. The van der Waals surface area contributed by atoms with Crippen LogP contribution in [0.5, 0.6) is 11.5 Å². The highest BCUT2D eigenvalue weighted by atomic mass is 35.5. The van der Waals surface area contributed by atoms with Crippen molar-refractivity contribution >= 4 is 40.9 Å². The summed E-state index contributed by atoms with van der Waals surface area (Å²) in [6.07, 6.45) is -0.669. The molecule has 6 nitrogen and oxygen atoms in total. The van der Waals surface area contributed by atoms with Gasteiger partial charge in [-0.3, -0.25) is 4.79 Å². The smallest absolute Gasteiger partial charge is 0.408 e. The Hall–Kier alpha value is -2.58. The van der Waals surface area contributed by atoms with Gasteiger partial charge in [0.25, 0.3) is 0 Å². The highest BCUT2D eigenvalue weighted by molar-refractivity contribution is 6.33. The van der Waals surface area contributed by atoms with E-state index in [0.29, 0.717) is 5.56 Å². The molecule has 2 aromatic carbocycles. The summed E-state index contributed by atoms with van der Waals surface area (Å²) in [5.41, 5.74) is 0.0608. The number of anilines is 1. The van der Waals surface area contributed by atoms with Gasteiger partial charge in [-0.05, 0) is 44.5 Å². The molecular weight excluding hydrogens is 465 g/mol. The fraction of sp³-hybridized carbons (Fsp3) is 0.364. The Morgan fingerprint density at radius 2 is 1.91 bits per heavy atom. The van der Waals surface area contributed by atoms with Crippen molar-refractivity contribution < 1.29 is 27.8 Å². The van der Waals surface area contributed by atoms with Crippen molar-refractivity contribution in [2.45, 2.75) is 38.8 Å². The second kappa shape index (κ2) is 9.50. The van der Waals surface area contributed by atoms with E-state index in [2.05, 4.69) is 5.32 Å². The number of fused-ring (bicyclic) bond motifs is 1. The van der Waals surface area contributed by atoms with Gasteiger partial charge in [-0.1, -0.05) is 29.3 Å². The van der Waals surface area contributed by atoms with E-state index in [9.17, 15) is 18.4 Å². The van der Waals surface area contributed by atoms with Crippen molar-refractivity contribution in [3.05, 3.63) is 51.8 Å². The lowest BCUT2D eigenvalue weighted by atomic mass is 9.96. The first-order valence-electron chi connectivity index (χ1n) is 9.81. The molecule has 2 aromatic rings. The Balaban J connectivity index is 1.99. The molecule has 172 valence electrons. The van der Waals surface area contributed by atoms with Crippen molar-refractivity contribution in [2.75, 3.05) is 18.1 Å². The lowest BCUT2D eigenvalue weighted by molar-refractivity contribution is -0.121. The molecule has 1 N–H and O–H groups in total. The summed E-state index contributed by atoms with van der Waals surface area (Å²) >= 11 is 12.4. The molecule has 0 radical (unpaired) electrons. The first-order chi connectivity index (χ1) is 15.0. The molecule has 1 aliphatic rings. The van der Waals surface area contributed by atoms with Gasteiger partial charge in [0.2, 0.25) is 5.91 Å². The molecule has 0 saturated carbocycles. The molecule has 3 rings (SSSR count). The van der Waals surface area contributed by atoms with Crippen LogP contribution in [0.15, 0.2) is 30.3 Å². The Morgan fingerprint density at radius 3 is 2.56 bits per heavy atom. The Labute approximate surface area is 194 Å². The molecule has 32 heavy (non-hydrogen) atoms. The van der Waals surface area contributed by atoms with Crippen LogP contribution in [-0.2, 0) is 16.0 Å². The number of nitrogens with zero attached hydrogens (tertiary/aromatic N) is 1. The molecule has 0 fully saturated rings. The van der Waals surface area contributed by atoms with Crippen LogP contribution >= 0.6 is 23.2 Å². The number of carbonyl (C=O) groups is 2. The lowest BCUT2D eigenvalue weighted by Gasteiger charge is -2.35. The number of hydrogen-bond acceptors (Lipinski definition) is 4. The van der Waals surface area contributed by atoms with Gasteiger partial charge in [0.05, 0.1) is 22.3 Å². The van der Waals surface area contributed by atoms with Gasteiger partial charge in [0.1, 0.15) is 29.9 Å². The van der Waals surface area contributed by atoms with Gasteiger partial charge in [-0.15, -0.1) is 0 Å². The van der Waals surface area contributed by atoms with Gasteiger partial charge >= 0.3 is 6.09 Å². The largest absolute Gasteiger partial charge is 0.452 e. The Morgan fingerprint density at radius 1 is 1.22 bits per heavy atom. The molecule has 2 amide bonds. The molecule has 0 aromatic heterocycles. The summed E-state index contributed by atoms with van der Waals surface area (Å²) in [5, 5.41) is 2.79. The van der Waals surface area contributed by atoms with E-state index >= 15 is 0 Å². The van der Waals surface area contributed by atoms with Gasteiger partial charge in [0, 0.05) is 12.5 Å². The predicted octanol–water partition coefficient (Wildman–Crippen LogP) is 5.68. The summed E-state index contributed by atoms with van der Waals surface area (Å²) in [5.74, 6) is -1.11. The summed E-state index contributed by atoms with van der Waals surface area (Å²) in [6, 6.07) is 5.78. The van der Waals surface area contributed by atoms with Gasteiger partial charge in [-0.25, -0.2) is 13.6 Å². The van der Waals surface area contributed by atoms with Crippen LogP contribution in [0.2, 0.25) is 10.0 Å². The predicted molar refractivity (Wildman–Crippen MR) is 118 cm³/mol. The van der Waals surface area contributed by atoms with Gasteiger partial charge in [0.15, 0.2) is 5.75 Å². The average molecular weight is 487 g/mol. The molecule has 1 atom stereocenters. The van der Waals surface area contributed by atoms with Crippen LogP contribution in [0.3, 0.4) is 0 Å². The summed E-state index contributed by atoms with van der Waals surface area (Å²) in [6.45, 7) is 3.94. The maximum Gasteiger partial charge on any atom is 0.408 e. The fourth-order valence-electron chi connectivity index (χ4n) is 3.29. The lowest BCUT2D eigenvalue weighted by Crippen LogP contribution is -2.54. The zero-order chi connectivity index (χ0) is 23.6. The highest BCUT2D eigenvalue weighted by Crippen LogP contribution is 2.45. The number of amides is 2. The van der Waals surface area contributed by atoms with Crippen LogP contribution in [0.1, 0.15) is 26.3 Å². The number of benzene rings is 2. The number of halogens is 4. The van der Waals surface area contributed by atoms with Crippen molar-refractivity contribution in [3.63, 3.8) is 0 Å². The summed E-state index contributed by atoms with van der Waals surface area (Å²) < 4.78 is 38.1. The van der Waals surface area contributed by atoms with E-state index in [1.54, 1.807) is 26.8 Å². The van der Waals surface area contributed by atoms with Crippen molar-refractivity contribution in [2.24, 2.45) is 0 Å². The molecule has 0 bridgehead atoms. The molecule has 0 saturated heterocycles. The maximum atomic E-state index is 13.7. The van der Waals surface area contributed by atoms with E-state index in [0.717, 1.165) is 11.0 Å². The fourth-order valence-corrected chi connectivity index (χ4v) is 3.63. The maximum absolute atomic E-state index is 13.7. The second-order valence-corrected chi connectivity index (χ2v) is 8.96. The minimum Gasteiger partial charge on any atom is -0.452 e. The Kier molecular flexibility index (Phi) is 7.15. The number of rotatable bonds is 5. The minimum absolute atomic E-state index is 0.0105. The van der Waals surface area contributed by atoms with Crippen molar-refractivity contribution in [1.29, 1.82) is 0 Å². The number of nitrogens with one attached hydrogen (secondary N) is 1. The van der Waals surface area contributed by atoms with Crippen LogP contribution in [0.25, 0.3) is 0 Å². The number of hydrogen-bond donors (Lipinski definition) is 1. The first-order valence-corrected chi connectivity index (χ1v) is 10.6. The molecule has 0 spiro atoms. The quantitative estimate of drug-likeness (QED) is 0.590. The normalized spacial score (nSPS) is 15.9. The van der Waals surface area contributed by atoms with E-state index < -0.39 is 36.1 Å². The van der Waals surface area contributed by atoms with Crippen molar-refractivity contribution in [1.82, 2.24) is 5.32 Å². The molecule has 1 heterocycles. The van der Waals surface area contributed by atoms with Crippen LogP contribution in [0.4, 0.5) is 19.3 Å². The third-order valence-corrected chi connectivity index (χ3v) is 5.14.